The third-order valence-corrected chi connectivity index (χ3v) is 12.8. The summed E-state index contributed by atoms with van der Waals surface area (Å²) in [6.07, 6.45) is 20.1. The number of unbranched alkanes of at least 4 members (excludes halogenated alkanes) is 8. The van der Waals surface area contributed by atoms with Gasteiger partial charge in [-0.25, -0.2) is 15.0 Å². The highest BCUT2D eigenvalue weighted by atomic mass is 31.2. The van der Waals surface area contributed by atoms with E-state index >= 15 is 0 Å². The second kappa shape index (κ2) is 18.9. The topological polar surface area (TPSA) is 135 Å². The smallest absolute Gasteiger partial charge is 0.353 e. The molecular formula is C31H54N5O5PSi. The predicted molar refractivity (Wildman–Crippen MR) is 175 cm³/mol. The molecule has 0 aromatic carbocycles. The number of aromatic nitrogens is 4. The Hall–Kier alpha value is -1.80. The van der Waals surface area contributed by atoms with E-state index in [1.54, 1.807) is 17.8 Å². The number of hydrogen-bond donors (Lipinski definition) is 2. The predicted octanol–water partition coefficient (Wildman–Crippen LogP) is 7.09. The minimum atomic E-state index is -3.87. The van der Waals surface area contributed by atoms with Crippen molar-refractivity contribution >= 4 is 32.7 Å². The van der Waals surface area contributed by atoms with Gasteiger partial charge in [0.1, 0.15) is 26.3 Å². The van der Waals surface area contributed by atoms with Crippen LogP contribution in [0.25, 0.3) is 11.2 Å². The standard InChI is InChI=1S/C31H54N5O5PSi/c1-27(23-36-25-35-29-30(32)33-24-34-31(29)36)40-26-42(37,38)41-21-20-39-19-15-10-8-6-4-5-7-9-11-16-22-43(2,3)28-17-13-12-14-18-28/h24-25,27-28H,4-15,17-21,23,26H2,1-3H3,(H,37,38)(H2,32,33,34)/t27-/m1/s1. The molecule has 0 spiro atoms. The van der Waals surface area contributed by atoms with Crippen molar-refractivity contribution in [2.45, 2.75) is 128 Å². The number of anilines is 1. The highest BCUT2D eigenvalue weighted by molar-refractivity contribution is 7.52. The van der Waals surface area contributed by atoms with E-state index in [2.05, 4.69) is 39.5 Å². The minimum Gasteiger partial charge on any atom is -0.382 e. The molecular weight excluding hydrogens is 581 g/mol. The molecule has 0 bridgehead atoms. The van der Waals surface area contributed by atoms with Crippen molar-refractivity contribution in [3.63, 3.8) is 0 Å². The molecule has 2 aromatic heterocycles. The number of fused-ring (bicyclic) bond motifs is 1. The molecule has 1 fully saturated rings. The Morgan fingerprint density at radius 3 is 2.47 bits per heavy atom. The quantitative estimate of drug-likeness (QED) is 0.0677. The van der Waals surface area contributed by atoms with Crippen LogP contribution in [-0.4, -0.2) is 64.8 Å². The normalized spacial score (nSPS) is 16.6. The Labute approximate surface area is 259 Å². The third-order valence-electron chi connectivity index (χ3n) is 8.30. The Morgan fingerprint density at radius 2 is 1.72 bits per heavy atom. The first-order chi connectivity index (χ1) is 20.7. The first kappa shape index (κ1) is 35.7. The van der Waals surface area contributed by atoms with Gasteiger partial charge in [-0.2, -0.15) is 0 Å². The summed E-state index contributed by atoms with van der Waals surface area (Å²) in [6.45, 7) is 8.12. The van der Waals surface area contributed by atoms with Crippen molar-refractivity contribution in [2.75, 3.05) is 31.9 Å². The summed E-state index contributed by atoms with van der Waals surface area (Å²) in [7, 11) is -5.23. The second-order valence-electron chi connectivity index (χ2n) is 12.5. The molecule has 10 nitrogen and oxygen atoms in total. The van der Waals surface area contributed by atoms with E-state index in [0.717, 1.165) is 24.8 Å². The van der Waals surface area contributed by atoms with Gasteiger partial charge in [0.25, 0.3) is 0 Å². The van der Waals surface area contributed by atoms with Crippen molar-refractivity contribution in [3.05, 3.63) is 12.7 Å². The van der Waals surface area contributed by atoms with Crippen LogP contribution >= 0.6 is 7.60 Å². The molecule has 1 aliphatic carbocycles. The number of imidazole rings is 1. The molecule has 43 heavy (non-hydrogen) atoms. The largest absolute Gasteiger partial charge is 0.382 e. The van der Waals surface area contributed by atoms with Crippen molar-refractivity contribution in [1.29, 1.82) is 0 Å². The Balaban J connectivity index is 1.11. The van der Waals surface area contributed by atoms with Crippen LogP contribution in [0.4, 0.5) is 5.82 Å². The molecule has 1 saturated carbocycles. The molecule has 3 rings (SSSR count). The van der Waals surface area contributed by atoms with Gasteiger partial charge >= 0.3 is 7.60 Å². The average molecular weight is 636 g/mol. The highest BCUT2D eigenvalue weighted by Crippen LogP contribution is 2.42. The molecule has 242 valence electrons. The van der Waals surface area contributed by atoms with Crippen molar-refractivity contribution < 1.29 is 23.5 Å². The lowest BCUT2D eigenvalue weighted by Gasteiger charge is -2.31. The summed E-state index contributed by atoms with van der Waals surface area (Å²) in [4.78, 5) is 22.4. The van der Waals surface area contributed by atoms with E-state index in [1.807, 2.05) is 0 Å². The lowest BCUT2D eigenvalue weighted by Crippen LogP contribution is -2.32. The number of ether oxygens (including phenoxy) is 2. The molecule has 0 amide bonds. The van der Waals surface area contributed by atoms with Crippen LogP contribution in [0.15, 0.2) is 12.7 Å². The van der Waals surface area contributed by atoms with Crippen LogP contribution in [0, 0.1) is 11.5 Å². The number of rotatable bonds is 20. The maximum atomic E-state index is 12.3. The van der Waals surface area contributed by atoms with Gasteiger partial charge in [0, 0.05) is 13.0 Å². The summed E-state index contributed by atoms with van der Waals surface area (Å²) in [6, 6.07) is 0. The van der Waals surface area contributed by atoms with Gasteiger partial charge in [-0.1, -0.05) is 83.7 Å². The summed E-state index contributed by atoms with van der Waals surface area (Å²) in [5.74, 6) is 3.84. The van der Waals surface area contributed by atoms with E-state index < -0.39 is 22.0 Å². The first-order valence-corrected chi connectivity index (χ1v) is 21.1. The van der Waals surface area contributed by atoms with Crippen LogP contribution in [0.1, 0.15) is 96.8 Å². The van der Waals surface area contributed by atoms with Crippen molar-refractivity contribution in [1.82, 2.24) is 19.5 Å². The highest BCUT2D eigenvalue weighted by Gasteiger charge is 2.31. The van der Waals surface area contributed by atoms with Gasteiger partial charge in [-0.15, -0.1) is 11.5 Å². The number of nitrogens with zero attached hydrogens (tertiary/aromatic N) is 4. The molecule has 1 unspecified atom stereocenters. The van der Waals surface area contributed by atoms with Crippen LogP contribution in [0.2, 0.25) is 18.6 Å². The van der Waals surface area contributed by atoms with Crippen molar-refractivity contribution in [3.8, 4) is 11.5 Å². The van der Waals surface area contributed by atoms with E-state index in [4.69, 9.17) is 19.7 Å². The zero-order valence-corrected chi connectivity index (χ0v) is 28.5. The van der Waals surface area contributed by atoms with E-state index in [1.165, 1.54) is 77.0 Å². The first-order valence-electron chi connectivity index (χ1n) is 16.2. The van der Waals surface area contributed by atoms with Gasteiger partial charge < -0.3 is 29.2 Å². The zero-order valence-electron chi connectivity index (χ0n) is 26.6. The molecule has 12 heteroatoms. The number of nitrogens with two attached hydrogens (primary N) is 1. The zero-order chi connectivity index (χ0) is 31.0. The van der Waals surface area contributed by atoms with E-state index in [9.17, 15) is 9.46 Å². The molecule has 3 N–H and O–H groups in total. The summed E-state index contributed by atoms with van der Waals surface area (Å²) < 4.78 is 30.4. The van der Waals surface area contributed by atoms with Crippen LogP contribution < -0.4 is 5.73 Å². The monoisotopic (exact) mass is 635 g/mol. The molecule has 2 atom stereocenters. The Kier molecular flexibility index (Phi) is 15.7. The van der Waals surface area contributed by atoms with Gasteiger partial charge in [0.2, 0.25) is 0 Å². The third kappa shape index (κ3) is 13.4. The lowest BCUT2D eigenvalue weighted by molar-refractivity contribution is 0.0610. The van der Waals surface area contributed by atoms with Gasteiger partial charge in [0.15, 0.2) is 11.5 Å². The molecule has 0 radical (unpaired) electrons. The Morgan fingerprint density at radius 1 is 1.02 bits per heavy atom. The lowest BCUT2D eigenvalue weighted by atomic mass is 10.0. The van der Waals surface area contributed by atoms with Crippen LogP contribution in [-0.2, 0) is 25.1 Å². The van der Waals surface area contributed by atoms with Gasteiger partial charge in [0.05, 0.1) is 32.2 Å². The molecule has 2 heterocycles. The van der Waals surface area contributed by atoms with Gasteiger partial charge in [-0.3, -0.25) is 4.57 Å². The molecule has 0 aliphatic heterocycles. The Bertz CT molecular complexity index is 1190. The van der Waals surface area contributed by atoms with Crippen LogP contribution in [0.3, 0.4) is 0 Å². The fourth-order valence-electron chi connectivity index (χ4n) is 5.66. The SMILES string of the molecule is C[C@H](Cn1cnc2c(N)ncnc21)OCP(=O)(O)OCCOCCCCCCCCCCC#C[Si](C)(C)C1CCCCC1. The fraction of sp³-hybridized carbons (Fsp3) is 0.774. The fourth-order valence-corrected chi connectivity index (χ4v) is 9.17. The van der Waals surface area contributed by atoms with Gasteiger partial charge in [-0.05, 0) is 25.3 Å². The minimum absolute atomic E-state index is 0.0541. The number of nitrogen functional groups attached to an aromatic ring is 1. The molecule has 2 aromatic rings. The summed E-state index contributed by atoms with van der Waals surface area (Å²) in [5.41, 5.74) is 11.6. The summed E-state index contributed by atoms with van der Waals surface area (Å²) >= 11 is 0. The molecule has 0 saturated heterocycles. The maximum absolute atomic E-state index is 12.3. The van der Waals surface area contributed by atoms with Crippen molar-refractivity contribution in [2.24, 2.45) is 0 Å². The number of hydrogen-bond acceptors (Lipinski definition) is 8. The van der Waals surface area contributed by atoms with E-state index in [-0.39, 0.29) is 19.3 Å². The maximum Gasteiger partial charge on any atom is 0.353 e. The van der Waals surface area contributed by atoms with E-state index in [0.29, 0.717) is 30.1 Å². The average Bonchev–Trinajstić information content (AvgIpc) is 3.40. The summed E-state index contributed by atoms with van der Waals surface area (Å²) in [5, 5.41) is 0. The molecule has 1 aliphatic rings. The van der Waals surface area contributed by atoms with Crippen LogP contribution in [0.5, 0.6) is 0 Å². The second-order valence-corrected chi connectivity index (χ2v) is 18.8.